The van der Waals surface area contributed by atoms with Crippen LogP contribution in [0.15, 0.2) is 24.3 Å². The molecule has 0 aliphatic rings. The number of aliphatic hydroxyl groups is 1. The van der Waals surface area contributed by atoms with Gasteiger partial charge < -0.3 is 5.11 Å². The second kappa shape index (κ2) is 4.51. The Kier molecular flexibility index (Phi) is 3.76. The number of hydrogen-bond acceptors (Lipinski definition) is 3. The molecule has 0 fully saturated rings. The maximum absolute atomic E-state index is 11.2. The van der Waals surface area contributed by atoms with E-state index < -0.39 is 21.2 Å². The summed E-state index contributed by atoms with van der Waals surface area (Å²) in [7, 11) is -3.26. The van der Waals surface area contributed by atoms with Gasteiger partial charge >= 0.3 is 0 Å². The van der Waals surface area contributed by atoms with E-state index in [1.807, 2.05) is 0 Å². The van der Waals surface area contributed by atoms with Gasteiger partial charge in [0.1, 0.15) is 0 Å². The molecule has 84 valence electrons. The Morgan fingerprint density at radius 2 is 2.00 bits per heavy atom. The fraction of sp³-hybridized carbons (Fsp3) is 0.400. The summed E-state index contributed by atoms with van der Waals surface area (Å²) in [4.78, 5) is 0. The van der Waals surface area contributed by atoms with E-state index >= 15 is 0 Å². The standard InChI is InChI=1S/C10H13ClO3S/c1-7(15(2,13)14)10(12)8-4-3-5-9(11)6-8/h3-7,10,12H,1-2H3/t7-,10+/m1/s1. The molecule has 1 aromatic rings. The van der Waals surface area contributed by atoms with Crippen LogP contribution < -0.4 is 0 Å². The Balaban J connectivity index is 3.00. The molecule has 1 rings (SSSR count). The molecular weight excluding hydrogens is 236 g/mol. The van der Waals surface area contributed by atoms with Crippen molar-refractivity contribution in [2.45, 2.75) is 18.3 Å². The van der Waals surface area contributed by atoms with Crippen LogP contribution in [0.25, 0.3) is 0 Å². The SMILES string of the molecule is C[C@H]([C@H](O)c1cccc(Cl)c1)S(C)(=O)=O. The predicted molar refractivity (Wildman–Crippen MR) is 60.7 cm³/mol. The van der Waals surface area contributed by atoms with Crippen LogP contribution in [0.4, 0.5) is 0 Å². The number of rotatable bonds is 3. The van der Waals surface area contributed by atoms with E-state index in [0.29, 0.717) is 10.6 Å². The molecule has 0 aliphatic carbocycles. The lowest BCUT2D eigenvalue weighted by Crippen LogP contribution is -2.24. The van der Waals surface area contributed by atoms with E-state index in [0.717, 1.165) is 6.26 Å². The third-order valence-corrected chi connectivity index (χ3v) is 4.15. The number of benzene rings is 1. The Morgan fingerprint density at radius 1 is 1.40 bits per heavy atom. The highest BCUT2D eigenvalue weighted by Crippen LogP contribution is 2.23. The normalized spacial score (nSPS) is 16.0. The minimum Gasteiger partial charge on any atom is -0.387 e. The third-order valence-electron chi connectivity index (χ3n) is 2.31. The molecule has 0 aromatic heterocycles. The average molecular weight is 249 g/mol. The second-order valence-electron chi connectivity index (χ2n) is 3.53. The molecule has 0 spiro atoms. The Morgan fingerprint density at radius 3 is 2.47 bits per heavy atom. The maximum Gasteiger partial charge on any atom is 0.152 e. The van der Waals surface area contributed by atoms with Crippen LogP contribution in [0.5, 0.6) is 0 Å². The van der Waals surface area contributed by atoms with Gasteiger partial charge in [0.05, 0.1) is 11.4 Å². The molecule has 0 bridgehead atoms. The second-order valence-corrected chi connectivity index (χ2v) is 6.37. The lowest BCUT2D eigenvalue weighted by Gasteiger charge is -2.17. The highest BCUT2D eigenvalue weighted by molar-refractivity contribution is 7.91. The van der Waals surface area contributed by atoms with Gasteiger partial charge in [-0.2, -0.15) is 0 Å². The van der Waals surface area contributed by atoms with Crippen molar-refractivity contribution in [1.29, 1.82) is 0 Å². The van der Waals surface area contributed by atoms with E-state index in [2.05, 4.69) is 0 Å². The molecule has 3 nitrogen and oxygen atoms in total. The molecule has 1 aromatic carbocycles. The first-order valence-electron chi connectivity index (χ1n) is 4.45. The van der Waals surface area contributed by atoms with Gasteiger partial charge in [0.25, 0.3) is 0 Å². The molecular formula is C10H13ClO3S. The largest absolute Gasteiger partial charge is 0.387 e. The minimum absolute atomic E-state index is 0.479. The van der Waals surface area contributed by atoms with Gasteiger partial charge in [0.2, 0.25) is 0 Å². The topological polar surface area (TPSA) is 54.4 Å². The summed E-state index contributed by atoms with van der Waals surface area (Å²) < 4.78 is 22.5. The van der Waals surface area contributed by atoms with Gasteiger partial charge in [-0.1, -0.05) is 23.7 Å². The van der Waals surface area contributed by atoms with Gasteiger partial charge in [0, 0.05) is 11.3 Å². The van der Waals surface area contributed by atoms with E-state index in [4.69, 9.17) is 11.6 Å². The van der Waals surface area contributed by atoms with Crippen molar-refractivity contribution in [3.63, 3.8) is 0 Å². The van der Waals surface area contributed by atoms with Crippen LogP contribution in [0.3, 0.4) is 0 Å². The molecule has 0 radical (unpaired) electrons. The smallest absolute Gasteiger partial charge is 0.152 e. The van der Waals surface area contributed by atoms with E-state index in [1.54, 1.807) is 24.3 Å². The molecule has 0 amide bonds. The summed E-state index contributed by atoms with van der Waals surface area (Å²) in [6, 6.07) is 6.56. The predicted octanol–water partition coefficient (Wildman–Crippen LogP) is 1.81. The van der Waals surface area contributed by atoms with Crippen LogP contribution in [0.1, 0.15) is 18.6 Å². The lowest BCUT2D eigenvalue weighted by molar-refractivity contribution is 0.176. The quantitative estimate of drug-likeness (QED) is 0.888. The zero-order valence-electron chi connectivity index (χ0n) is 8.51. The summed E-state index contributed by atoms with van der Waals surface area (Å²) in [5.74, 6) is 0. The maximum atomic E-state index is 11.2. The lowest BCUT2D eigenvalue weighted by atomic mass is 10.1. The Hall–Kier alpha value is -0.580. The van der Waals surface area contributed by atoms with Crippen molar-refractivity contribution in [3.8, 4) is 0 Å². The number of hydrogen-bond donors (Lipinski definition) is 1. The van der Waals surface area contributed by atoms with Gasteiger partial charge in [0.15, 0.2) is 9.84 Å². The summed E-state index contributed by atoms with van der Waals surface area (Å²) in [6.45, 7) is 1.47. The number of aliphatic hydroxyl groups excluding tert-OH is 1. The van der Waals surface area contributed by atoms with Gasteiger partial charge in [-0.25, -0.2) is 8.42 Å². The first kappa shape index (κ1) is 12.5. The summed E-state index contributed by atoms with van der Waals surface area (Å²) in [5, 5.41) is 9.45. The van der Waals surface area contributed by atoms with Crippen LogP contribution in [0, 0.1) is 0 Å². The molecule has 1 N–H and O–H groups in total. The highest BCUT2D eigenvalue weighted by Gasteiger charge is 2.25. The van der Waals surface area contributed by atoms with Crippen molar-refractivity contribution in [2.24, 2.45) is 0 Å². The minimum atomic E-state index is -3.26. The van der Waals surface area contributed by atoms with Crippen molar-refractivity contribution < 1.29 is 13.5 Å². The Labute approximate surface area is 94.6 Å². The molecule has 15 heavy (non-hydrogen) atoms. The summed E-state index contributed by atoms with van der Waals surface area (Å²) in [6.07, 6.45) is 0.0597. The van der Waals surface area contributed by atoms with Crippen LogP contribution in [-0.2, 0) is 9.84 Å². The molecule has 0 aliphatic heterocycles. The molecule has 5 heteroatoms. The number of halogens is 1. The highest BCUT2D eigenvalue weighted by atomic mass is 35.5. The van der Waals surface area contributed by atoms with Gasteiger partial charge in [-0.15, -0.1) is 0 Å². The van der Waals surface area contributed by atoms with E-state index in [9.17, 15) is 13.5 Å². The fourth-order valence-corrected chi connectivity index (χ4v) is 2.02. The van der Waals surface area contributed by atoms with Crippen molar-refractivity contribution in [1.82, 2.24) is 0 Å². The van der Waals surface area contributed by atoms with Crippen LogP contribution >= 0.6 is 11.6 Å². The van der Waals surface area contributed by atoms with E-state index in [1.165, 1.54) is 6.92 Å². The first-order chi connectivity index (χ1) is 6.82. The van der Waals surface area contributed by atoms with E-state index in [-0.39, 0.29) is 0 Å². The fourth-order valence-electron chi connectivity index (χ4n) is 1.20. The molecule has 0 unspecified atom stereocenters. The average Bonchev–Trinajstić information content (AvgIpc) is 2.14. The van der Waals surface area contributed by atoms with Crippen LogP contribution in [0.2, 0.25) is 5.02 Å². The van der Waals surface area contributed by atoms with Gasteiger partial charge in [-0.05, 0) is 24.6 Å². The van der Waals surface area contributed by atoms with Crippen molar-refractivity contribution in [3.05, 3.63) is 34.9 Å². The summed E-state index contributed by atoms with van der Waals surface area (Å²) in [5.41, 5.74) is 0.514. The molecule has 0 saturated carbocycles. The number of sulfone groups is 1. The third kappa shape index (κ3) is 3.19. The van der Waals surface area contributed by atoms with Crippen molar-refractivity contribution in [2.75, 3.05) is 6.26 Å². The first-order valence-corrected chi connectivity index (χ1v) is 6.78. The molecule has 2 atom stereocenters. The summed E-state index contributed by atoms with van der Waals surface area (Å²) >= 11 is 5.75. The Bertz CT molecular complexity index is 442. The zero-order chi connectivity index (χ0) is 11.6. The zero-order valence-corrected chi connectivity index (χ0v) is 10.1. The van der Waals surface area contributed by atoms with Gasteiger partial charge in [-0.3, -0.25) is 0 Å². The van der Waals surface area contributed by atoms with Crippen molar-refractivity contribution >= 4 is 21.4 Å². The molecule has 0 heterocycles. The molecule has 0 saturated heterocycles. The monoisotopic (exact) mass is 248 g/mol. The van der Waals surface area contributed by atoms with Crippen LogP contribution in [-0.4, -0.2) is 25.0 Å².